The summed E-state index contributed by atoms with van der Waals surface area (Å²) in [4.78, 5) is 165. The molecule has 0 bridgehead atoms. The molecule has 0 saturated carbocycles. The first-order chi connectivity index (χ1) is 49.1. The van der Waals surface area contributed by atoms with E-state index in [1.807, 2.05) is 57.1 Å². The number of methoxy groups -OCH3 is 3. The number of nitrogens with zero attached hydrogens (tertiary/aromatic N) is 9. The first-order valence-corrected chi connectivity index (χ1v) is 37.2. The third-order valence-corrected chi connectivity index (χ3v) is 18.4. The fourth-order valence-corrected chi connectivity index (χ4v) is 11.7. The van der Waals surface area contributed by atoms with Crippen LogP contribution < -0.4 is 11.5 Å². The topological polar surface area (TPSA) is 415 Å². The van der Waals surface area contributed by atoms with Crippen molar-refractivity contribution in [1.29, 1.82) is 0 Å². The monoisotopic (exact) mass is 1800 g/mol. The zero-order chi connectivity index (χ0) is 78.5. The minimum atomic E-state index is -1.01. The van der Waals surface area contributed by atoms with E-state index in [4.69, 9.17) is 24.5 Å². The Balaban J connectivity index is 0.000000670. The van der Waals surface area contributed by atoms with Crippen molar-refractivity contribution in [2.45, 2.75) is 137 Å². The number of halogens is 5. The van der Waals surface area contributed by atoms with Crippen molar-refractivity contribution in [3.8, 4) is 0 Å². The summed E-state index contributed by atoms with van der Waals surface area (Å²) in [7, 11) is 8.19. The molecule has 1 radical (unpaired) electrons. The fourth-order valence-electron chi connectivity index (χ4n) is 10.4. The SMILES string of the molecule is CC(=O)O.CC(=O)c1ccc(Br)nc1.COC(=O)C[C@H](C(=O)N1CCC[C@H]1C(=O)OCC(=O)c1ccc(Br)nc1)C(C)C.COC(=O)C[C@H](C(=O)N1CCC[C@H]1C1=NC=C(c2ccc(Br)nc2)C1)C(C)C.COC(=O)N[C@H](C(=O)N1CCC[C@H]1C(=O)O)C(C)C.N.O=C(CBr)c1ccc(Br)nc1.[B]=NS. The van der Waals surface area contributed by atoms with E-state index in [9.17, 15) is 52.7 Å². The molecule has 4 aromatic rings. The number of nitrogens with one attached hydrogen (secondary N) is 1. The Labute approximate surface area is 659 Å². The van der Waals surface area contributed by atoms with Crippen molar-refractivity contribution in [2.75, 3.05) is 52.9 Å². The van der Waals surface area contributed by atoms with Crippen LogP contribution in [0.3, 0.4) is 0 Å². The van der Waals surface area contributed by atoms with Gasteiger partial charge in [0.15, 0.2) is 18.2 Å². The molecule has 0 aromatic carbocycles. The second-order valence-corrected chi connectivity index (χ2v) is 28.3. The molecule has 0 unspecified atom stereocenters. The Morgan fingerprint density at radius 1 is 0.600 bits per heavy atom. The van der Waals surface area contributed by atoms with Crippen LogP contribution in [0.1, 0.15) is 150 Å². The third kappa shape index (κ3) is 33.5. The number of allylic oxidation sites excluding steroid dienone is 1. The zero-order valence-corrected chi connectivity index (χ0v) is 69.0. The van der Waals surface area contributed by atoms with Gasteiger partial charge >= 0.3 is 54.7 Å². The summed E-state index contributed by atoms with van der Waals surface area (Å²) in [6.07, 6.45) is 12.4. The standard InChI is InChI=1S/C21H26BrN3O3.C20H25BrN2O6.C12H20N2O5.C7H5Br2NO.C7H6BrNO.C2H4O2.BHNS.H3N/c1-13(2)16(10-20(26)28-3)21(27)25-8-4-5-18(25)17-9-15(12-23-17)14-6-7-19(22)24-11-14;1-12(2)14(9-18(25)28-3)19(26)23-8-4-5-15(23)20(27)29-11-16(24)13-6-7-17(21)22-10-13;1-7(2)9(13-12(18)19-3)10(15)14-6-4-5-8(14)11(16)17;8-3-6(11)5-1-2-7(9)10-4-5;1-5(10)6-2-3-7(8)9-4-6;1-2(3)4;1-2-3;/h6-7,11-13,16,18H,4-5,8-10H2,1-3H3;6-7,10,12,14-15H,4-5,8-9,11H2,1-3H3;7-9H,4-6H2,1-3H3,(H,13,18)(H,16,17);1-2,4H,3H2;2-4H,1H3;1H3,(H,3,4);3H;1H3/t16-,18-;14-,15-;8-,9-;;;;;/m000...../s1. The summed E-state index contributed by atoms with van der Waals surface area (Å²) in [5.41, 5.74) is 4.78. The number of aliphatic imine (C=N–C) groups is 1. The number of amides is 4. The summed E-state index contributed by atoms with van der Waals surface area (Å²) in [5.74, 6) is -5.27. The number of alkyl halides is 1. The number of aliphatic carboxylic acids is 2. The van der Waals surface area contributed by atoms with Crippen molar-refractivity contribution >= 4 is 182 Å². The third-order valence-electron chi connectivity index (χ3n) is 16.0. The van der Waals surface area contributed by atoms with Crippen molar-refractivity contribution in [2.24, 2.45) is 38.9 Å². The van der Waals surface area contributed by atoms with Crippen molar-refractivity contribution in [1.82, 2.24) is 46.1 Å². The van der Waals surface area contributed by atoms with Gasteiger partial charge in [-0.05, 0) is 181 Å². The van der Waals surface area contributed by atoms with Gasteiger partial charge < -0.3 is 55.3 Å². The molecule has 36 heteroatoms. The van der Waals surface area contributed by atoms with Crippen LogP contribution in [0.25, 0.3) is 5.57 Å². The molecule has 3 fully saturated rings. The number of likely N-dealkylation sites (tertiary alicyclic amines) is 3. The van der Waals surface area contributed by atoms with Crippen molar-refractivity contribution in [3.63, 3.8) is 0 Å². The molecular formula is C69H90BBr5N11O18S. The molecule has 573 valence electrons. The van der Waals surface area contributed by atoms with Crippen LogP contribution in [0.15, 0.2) is 107 Å². The first kappa shape index (κ1) is 95.6. The number of alkyl carbamates (subject to hydrolysis) is 1. The maximum atomic E-state index is 13.2. The Hall–Kier alpha value is -7.38. The number of pyridine rings is 4. The predicted molar refractivity (Wildman–Crippen MR) is 413 cm³/mol. The summed E-state index contributed by atoms with van der Waals surface area (Å²) >= 11 is 19.2. The molecule has 0 aliphatic carbocycles. The van der Waals surface area contributed by atoms with E-state index >= 15 is 0 Å². The number of carbonyl (C=O) groups excluding carboxylic acids is 10. The van der Waals surface area contributed by atoms with Gasteiger partial charge in [-0.25, -0.2) is 34.3 Å². The van der Waals surface area contributed by atoms with E-state index in [1.54, 1.807) is 62.6 Å². The minimum absolute atomic E-state index is 0. The average molecular weight is 1800 g/mol. The number of carbonyl (C=O) groups is 12. The van der Waals surface area contributed by atoms with E-state index in [0.717, 1.165) is 56.8 Å². The molecule has 3 saturated heterocycles. The Morgan fingerprint density at radius 2 is 1.02 bits per heavy atom. The van der Waals surface area contributed by atoms with Crippen LogP contribution in [-0.4, -0.2) is 206 Å². The average Bonchev–Trinajstić information content (AvgIpc) is 1.80. The van der Waals surface area contributed by atoms with E-state index in [-0.39, 0.29) is 89.7 Å². The van der Waals surface area contributed by atoms with Gasteiger partial charge in [-0.1, -0.05) is 63.5 Å². The van der Waals surface area contributed by atoms with Crippen LogP contribution >= 0.6 is 92.5 Å². The predicted octanol–water partition coefficient (Wildman–Crippen LogP) is 11.6. The Kier molecular flexibility index (Phi) is 45.8. The molecule has 29 nitrogen and oxygen atoms in total. The van der Waals surface area contributed by atoms with Crippen LogP contribution in [0, 0.1) is 29.6 Å². The van der Waals surface area contributed by atoms with Gasteiger partial charge in [0.25, 0.3) is 5.97 Å². The molecule has 8 rings (SSSR count). The van der Waals surface area contributed by atoms with Crippen LogP contribution in [0.5, 0.6) is 0 Å². The number of rotatable bonds is 21. The summed E-state index contributed by atoms with van der Waals surface area (Å²) in [6, 6.07) is 11.8. The van der Waals surface area contributed by atoms with Gasteiger partial charge in [-0.3, -0.25) is 48.1 Å². The molecule has 0 spiro atoms. The molecule has 4 aromatic heterocycles. The summed E-state index contributed by atoms with van der Waals surface area (Å²) in [6.45, 7) is 14.9. The van der Waals surface area contributed by atoms with Crippen LogP contribution in [0.4, 0.5) is 4.79 Å². The second-order valence-electron chi connectivity index (χ2n) is 24.2. The van der Waals surface area contributed by atoms with Gasteiger partial charge in [0, 0.05) is 86.4 Å². The molecule has 105 heavy (non-hydrogen) atoms. The van der Waals surface area contributed by atoms with E-state index in [2.05, 4.69) is 144 Å². The van der Waals surface area contributed by atoms with Gasteiger partial charge in [0.05, 0.1) is 57.4 Å². The molecule has 8 heterocycles. The number of Topliss-reactive ketones (excluding diaryl/α,β-unsaturated/α-hetero) is 3. The molecule has 4 aliphatic rings. The van der Waals surface area contributed by atoms with Crippen molar-refractivity contribution in [3.05, 3.63) is 120 Å². The molecular weight excluding hydrogens is 1710 g/mol. The molecule has 4 aliphatic heterocycles. The quantitative estimate of drug-likeness (QED) is 0.00983. The van der Waals surface area contributed by atoms with Gasteiger partial charge in [0.2, 0.25) is 23.5 Å². The molecule has 4 amide bonds. The number of hydrogen-bond acceptors (Lipinski definition) is 24. The normalized spacial score (nSPS) is 16.0. The van der Waals surface area contributed by atoms with Gasteiger partial charge in [-0.15, -0.1) is 0 Å². The van der Waals surface area contributed by atoms with Gasteiger partial charge in [0.1, 0.15) is 36.5 Å². The van der Waals surface area contributed by atoms with E-state index in [0.29, 0.717) is 71.9 Å². The number of carboxylic acids is 2. The van der Waals surface area contributed by atoms with Crippen LogP contribution in [0.2, 0.25) is 0 Å². The Bertz CT molecular complexity index is 3620. The zero-order valence-electron chi connectivity index (χ0n) is 60.2. The van der Waals surface area contributed by atoms with E-state index in [1.165, 1.54) is 44.2 Å². The number of thiol groups is 1. The molecule has 6 N–H and O–H groups in total. The number of carboxylic acid groups (broad SMARTS) is 2. The number of aromatic nitrogens is 4. The second kappa shape index (κ2) is 50.2. The van der Waals surface area contributed by atoms with Crippen LogP contribution in [-0.2, 0) is 57.3 Å². The Morgan fingerprint density at radius 3 is 1.42 bits per heavy atom. The number of ether oxygens (including phenoxy) is 4. The number of esters is 3. The first-order valence-electron chi connectivity index (χ1n) is 32.5. The van der Waals surface area contributed by atoms with Gasteiger partial charge in [-0.2, -0.15) is 0 Å². The van der Waals surface area contributed by atoms with E-state index < -0.39 is 60.6 Å². The maximum absolute atomic E-state index is 13.2. The number of hydrogen-bond donors (Lipinski definition) is 5. The molecule has 6 atom stereocenters. The summed E-state index contributed by atoms with van der Waals surface area (Å²) < 4.78 is 24.7. The summed E-state index contributed by atoms with van der Waals surface area (Å²) in [5, 5.41) is 19.3. The fraction of sp³-hybridized carbons (Fsp3) is 0.493. The van der Waals surface area contributed by atoms with Crippen molar-refractivity contribution < 1.29 is 86.7 Å². The number of ketones is 3.